The van der Waals surface area contributed by atoms with E-state index in [0.717, 1.165) is 16.9 Å². The molecule has 0 atom stereocenters. The second kappa shape index (κ2) is 9.85. The third kappa shape index (κ3) is 6.32. The van der Waals surface area contributed by atoms with Gasteiger partial charge in [0, 0.05) is 18.2 Å². The maximum atomic E-state index is 12.2. The summed E-state index contributed by atoms with van der Waals surface area (Å²) in [6, 6.07) is 24.0. The van der Waals surface area contributed by atoms with Crippen LogP contribution >= 0.6 is 0 Å². The van der Waals surface area contributed by atoms with Crippen LogP contribution in [0.15, 0.2) is 84.0 Å². The summed E-state index contributed by atoms with van der Waals surface area (Å²) < 4.78 is 5.74. The Morgan fingerprint density at radius 2 is 1.72 bits per heavy atom. The molecule has 146 valence electrons. The van der Waals surface area contributed by atoms with Gasteiger partial charge in [-0.2, -0.15) is 5.10 Å². The Hall–Kier alpha value is -3.93. The number of amides is 2. The number of hydrogen-bond acceptors (Lipinski definition) is 4. The molecule has 0 unspecified atom stereocenters. The molecule has 0 aliphatic heterocycles. The number of rotatable bonds is 7. The van der Waals surface area contributed by atoms with Gasteiger partial charge in [0.1, 0.15) is 12.4 Å². The molecule has 0 spiro atoms. The first-order chi connectivity index (χ1) is 14.1. The highest BCUT2D eigenvalue weighted by atomic mass is 16.5. The van der Waals surface area contributed by atoms with Gasteiger partial charge in [0.05, 0.1) is 6.21 Å². The molecule has 3 rings (SSSR count). The summed E-state index contributed by atoms with van der Waals surface area (Å²) in [7, 11) is 0. The summed E-state index contributed by atoms with van der Waals surface area (Å²) in [6.07, 6.45) is 1.55. The first kappa shape index (κ1) is 19.8. The summed E-state index contributed by atoms with van der Waals surface area (Å²) in [4.78, 5) is 23.3. The van der Waals surface area contributed by atoms with E-state index in [1.54, 1.807) is 30.5 Å². The molecule has 2 N–H and O–H groups in total. The number of nitrogens with one attached hydrogen (secondary N) is 2. The average molecular weight is 387 g/mol. The molecular formula is C23H21N3O3. The van der Waals surface area contributed by atoms with E-state index in [-0.39, 0.29) is 11.8 Å². The Balaban J connectivity index is 1.52. The molecule has 3 aromatic rings. The number of benzene rings is 3. The summed E-state index contributed by atoms with van der Waals surface area (Å²) in [5.74, 6) is 0.192. The van der Waals surface area contributed by atoms with Crippen molar-refractivity contribution >= 4 is 23.7 Å². The number of nitrogens with zero attached hydrogens (tertiary/aromatic N) is 1. The molecule has 0 radical (unpaired) electrons. The van der Waals surface area contributed by atoms with Crippen molar-refractivity contribution in [2.45, 2.75) is 13.5 Å². The monoisotopic (exact) mass is 387 g/mol. The van der Waals surface area contributed by atoms with Crippen molar-refractivity contribution in [2.75, 3.05) is 5.32 Å². The maximum Gasteiger partial charge on any atom is 0.271 e. The molecule has 6 heteroatoms. The topological polar surface area (TPSA) is 79.8 Å². The van der Waals surface area contributed by atoms with Gasteiger partial charge in [0.15, 0.2) is 0 Å². The molecular weight excluding hydrogens is 366 g/mol. The summed E-state index contributed by atoms with van der Waals surface area (Å²) in [5, 5.41) is 6.62. The number of hydrogen-bond donors (Lipinski definition) is 2. The van der Waals surface area contributed by atoms with Crippen LogP contribution in [0.25, 0.3) is 0 Å². The molecule has 0 saturated carbocycles. The summed E-state index contributed by atoms with van der Waals surface area (Å²) in [6.45, 7) is 1.91. The predicted molar refractivity (Wildman–Crippen MR) is 113 cm³/mol. The number of carbonyl (C=O) groups excluding carboxylic acids is 2. The zero-order valence-electron chi connectivity index (χ0n) is 16.0. The standard InChI is InChI=1S/C23H21N3O3/c1-17(27)25-21-9-5-8-20(14-21)23(28)26-24-15-18-10-12-22(13-11-18)29-16-19-6-3-2-4-7-19/h2-15H,16H2,1H3,(H,25,27)(H,26,28). The molecule has 0 aliphatic rings. The van der Waals surface area contributed by atoms with Crippen molar-refractivity contribution in [1.82, 2.24) is 5.43 Å². The van der Waals surface area contributed by atoms with Crippen LogP contribution in [0, 0.1) is 0 Å². The summed E-state index contributed by atoms with van der Waals surface area (Å²) >= 11 is 0. The Labute approximate surface area is 169 Å². The van der Waals surface area contributed by atoms with Gasteiger partial charge in [-0.25, -0.2) is 5.43 Å². The molecule has 0 aliphatic carbocycles. The van der Waals surface area contributed by atoms with Gasteiger partial charge in [-0.1, -0.05) is 36.4 Å². The van der Waals surface area contributed by atoms with Crippen molar-refractivity contribution in [3.63, 3.8) is 0 Å². The van der Waals surface area contributed by atoms with Crippen molar-refractivity contribution in [3.05, 3.63) is 95.6 Å². The molecule has 0 bridgehead atoms. The van der Waals surface area contributed by atoms with Crippen LogP contribution in [0.1, 0.15) is 28.4 Å². The zero-order chi connectivity index (χ0) is 20.5. The van der Waals surface area contributed by atoms with E-state index in [2.05, 4.69) is 15.8 Å². The minimum absolute atomic E-state index is 0.197. The Bertz CT molecular complexity index is 999. The third-order valence-corrected chi connectivity index (χ3v) is 3.95. The van der Waals surface area contributed by atoms with E-state index in [1.807, 2.05) is 54.6 Å². The Morgan fingerprint density at radius 3 is 2.45 bits per heavy atom. The van der Waals surface area contributed by atoms with E-state index in [4.69, 9.17) is 4.74 Å². The van der Waals surface area contributed by atoms with Crippen LogP contribution in [0.2, 0.25) is 0 Å². The van der Waals surface area contributed by atoms with Crippen molar-refractivity contribution in [3.8, 4) is 5.75 Å². The van der Waals surface area contributed by atoms with Gasteiger partial charge < -0.3 is 10.1 Å². The fourth-order valence-electron chi connectivity index (χ4n) is 2.56. The lowest BCUT2D eigenvalue weighted by molar-refractivity contribution is -0.114. The molecule has 6 nitrogen and oxygen atoms in total. The molecule has 0 saturated heterocycles. The fraction of sp³-hybridized carbons (Fsp3) is 0.0870. The minimum atomic E-state index is -0.365. The van der Waals surface area contributed by atoms with Crippen LogP contribution in [0.4, 0.5) is 5.69 Å². The highest BCUT2D eigenvalue weighted by molar-refractivity contribution is 5.97. The minimum Gasteiger partial charge on any atom is -0.489 e. The van der Waals surface area contributed by atoms with E-state index >= 15 is 0 Å². The van der Waals surface area contributed by atoms with Crippen LogP contribution in [-0.2, 0) is 11.4 Å². The van der Waals surface area contributed by atoms with E-state index < -0.39 is 0 Å². The van der Waals surface area contributed by atoms with Crippen LogP contribution < -0.4 is 15.5 Å². The van der Waals surface area contributed by atoms with Crippen molar-refractivity contribution in [1.29, 1.82) is 0 Å². The third-order valence-electron chi connectivity index (χ3n) is 3.95. The van der Waals surface area contributed by atoms with Gasteiger partial charge in [-0.15, -0.1) is 0 Å². The number of hydrazone groups is 1. The predicted octanol–water partition coefficient (Wildman–Crippen LogP) is 3.99. The fourth-order valence-corrected chi connectivity index (χ4v) is 2.56. The van der Waals surface area contributed by atoms with E-state index in [0.29, 0.717) is 17.9 Å². The lowest BCUT2D eigenvalue weighted by Crippen LogP contribution is -2.18. The van der Waals surface area contributed by atoms with Crippen LogP contribution in [0.3, 0.4) is 0 Å². The van der Waals surface area contributed by atoms with Gasteiger partial charge in [0.2, 0.25) is 5.91 Å². The second-order valence-electron chi connectivity index (χ2n) is 6.30. The van der Waals surface area contributed by atoms with E-state index in [9.17, 15) is 9.59 Å². The quantitative estimate of drug-likeness (QED) is 0.475. The number of ether oxygens (including phenoxy) is 1. The Morgan fingerprint density at radius 1 is 0.966 bits per heavy atom. The van der Waals surface area contributed by atoms with Crippen molar-refractivity contribution in [2.24, 2.45) is 5.10 Å². The maximum absolute atomic E-state index is 12.2. The SMILES string of the molecule is CC(=O)Nc1cccc(C(=O)NN=Cc2ccc(OCc3ccccc3)cc2)c1. The summed E-state index contributed by atoms with van der Waals surface area (Å²) in [5.41, 5.74) is 5.36. The first-order valence-electron chi connectivity index (χ1n) is 9.08. The van der Waals surface area contributed by atoms with Crippen LogP contribution in [-0.4, -0.2) is 18.0 Å². The van der Waals surface area contributed by atoms with Gasteiger partial charge >= 0.3 is 0 Å². The molecule has 29 heavy (non-hydrogen) atoms. The average Bonchev–Trinajstić information content (AvgIpc) is 2.73. The lowest BCUT2D eigenvalue weighted by atomic mass is 10.2. The number of carbonyl (C=O) groups is 2. The first-order valence-corrected chi connectivity index (χ1v) is 9.08. The normalized spacial score (nSPS) is 10.5. The number of anilines is 1. The highest BCUT2D eigenvalue weighted by Crippen LogP contribution is 2.14. The molecule has 2 amide bonds. The Kier molecular flexibility index (Phi) is 6.73. The van der Waals surface area contributed by atoms with Gasteiger partial charge in [0.25, 0.3) is 5.91 Å². The van der Waals surface area contributed by atoms with E-state index in [1.165, 1.54) is 6.92 Å². The smallest absolute Gasteiger partial charge is 0.271 e. The highest BCUT2D eigenvalue weighted by Gasteiger charge is 2.05. The molecule has 3 aromatic carbocycles. The largest absolute Gasteiger partial charge is 0.489 e. The molecule has 0 aromatic heterocycles. The van der Waals surface area contributed by atoms with Crippen molar-refractivity contribution < 1.29 is 14.3 Å². The van der Waals surface area contributed by atoms with Gasteiger partial charge in [-0.05, 0) is 53.6 Å². The van der Waals surface area contributed by atoms with Gasteiger partial charge in [-0.3, -0.25) is 9.59 Å². The van der Waals surface area contributed by atoms with Crippen LogP contribution in [0.5, 0.6) is 5.75 Å². The lowest BCUT2D eigenvalue weighted by Gasteiger charge is -2.06. The molecule has 0 fully saturated rings. The second-order valence-corrected chi connectivity index (χ2v) is 6.30. The zero-order valence-corrected chi connectivity index (χ0v) is 16.0. The molecule has 0 heterocycles.